The van der Waals surface area contributed by atoms with Crippen molar-refractivity contribution in [2.24, 2.45) is 0 Å². The van der Waals surface area contributed by atoms with E-state index in [4.69, 9.17) is 21.4 Å². The lowest BCUT2D eigenvalue weighted by molar-refractivity contribution is -0.122. The van der Waals surface area contributed by atoms with E-state index in [9.17, 15) is 9.59 Å². The Morgan fingerprint density at radius 2 is 1.65 bits per heavy atom. The Hall–Kier alpha value is -3.94. The van der Waals surface area contributed by atoms with Crippen LogP contribution in [0.15, 0.2) is 106 Å². The van der Waals surface area contributed by atoms with Gasteiger partial charge in [-0.3, -0.25) is 9.69 Å². The summed E-state index contributed by atoms with van der Waals surface area (Å²) in [6.45, 7) is 2.28. The zero-order valence-corrected chi connectivity index (χ0v) is 21.6. The van der Waals surface area contributed by atoms with Crippen LogP contribution < -0.4 is 0 Å². The Balaban J connectivity index is 1.25. The van der Waals surface area contributed by atoms with Gasteiger partial charge in [0.25, 0.3) is 5.91 Å². The summed E-state index contributed by atoms with van der Waals surface area (Å²) < 4.78 is 12.1. The number of thioether (sulfide) groups is 1. The molecule has 184 valence electrons. The minimum atomic E-state index is -0.388. The van der Waals surface area contributed by atoms with Crippen molar-refractivity contribution in [1.82, 2.24) is 4.90 Å². The second-order valence-electron chi connectivity index (χ2n) is 8.49. The van der Waals surface area contributed by atoms with Crippen molar-refractivity contribution >= 4 is 46.3 Å². The van der Waals surface area contributed by atoms with Crippen molar-refractivity contribution in [3.05, 3.63) is 124 Å². The molecule has 5 rings (SSSR count). The largest absolute Gasteiger partial charge is 0.457 e. The van der Waals surface area contributed by atoms with Gasteiger partial charge in [-0.25, -0.2) is 4.79 Å². The lowest BCUT2D eigenvalue weighted by Crippen LogP contribution is -2.27. The average molecular weight is 526 g/mol. The molecular formula is C30H23NO4S2. The fourth-order valence-electron chi connectivity index (χ4n) is 3.91. The van der Waals surface area contributed by atoms with Crippen molar-refractivity contribution in [1.29, 1.82) is 0 Å². The first kappa shape index (κ1) is 24.7. The molecule has 1 atom stereocenters. The summed E-state index contributed by atoms with van der Waals surface area (Å²) in [5.74, 6) is 0.656. The predicted octanol–water partition coefficient (Wildman–Crippen LogP) is 7.27. The number of furan rings is 1. The lowest BCUT2D eigenvalue weighted by Gasteiger charge is -2.14. The molecule has 5 nitrogen and oxygen atoms in total. The van der Waals surface area contributed by atoms with Crippen molar-refractivity contribution in [2.45, 2.75) is 19.6 Å². The molecule has 1 aromatic heterocycles. The average Bonchev–Trinajstić information content (AvgIpc) is 3.50. The predicted molar refractivity (Wildman–Crippen MR) is 150 cm³/mol. The number of rotatable bonds is 7. The van der Waals surface area contributed by atoms with E-state index in [0.717, 1.165) is 16.7 Å². The number of esters is 1. The van der Waals surface area contributed by atoms with Gasteiger partial charge in [-0.1, -0.05) is 96.8 Å². The van der Waals surface area contributed by atoms with Crippen LogP contribution in [0.5, 0.6) is 0 Å². The third-order valence-corrected chi connectivity index (χ3v) is 7.29. The second kappa shape index (κ2) is 11.0. The summed E-state index contributed by atoms with van der Waals surface area (Å²) in [7, 11) is 0. The number of carbonyl (C=O) groups excluding carboxylic acids is 2. The first-order valence-electron chi connectivity index (χ1n) is 11.7. The Labute approximate surface area is 224 Å². The van der Waals surface area contributed by atoms with E-state index in [2.05, 4.69) is 0 Å². The molecule has 2 heterocycles. The number of amides is 1. The van der Waals surface area contributed by atoms with Gasteiger partial charge in [0.2, 0.25) is 0 Å². The van der Waals surface area contributed by atoms with Gasteiger partial charge in [0, 0.05) is 11.6 Å². The van der Waals surface area contributed by atoms with E-state index >= 15 is 0 Å². The van der Waals surface area contributed by atoms with E-state index < -0.39 is 0 Å². The summed E-state index contributed by atoms with van der Waals surface area (Å²) in [6, 6.07) is 30.1. The maximum absolute atomic E-state index is 12.9. The number of benzene rings is 3. The number of hydrogen-bond donors (Lipinski definition) is 0. The fraction of sp³-hybridized carbons (Fsp3) is 0.100. The Morgan fingerprint density at radius 1 is 0.973 bits per heavy atom. The number of thiocarbonyl (C=S) groups is 1. The van der Waals surface area contributed by atoms with Crippen molar-refractivity contribution in [3.8, 4) is 11.3 Å². The zero-order valence-electron chi connectivity index (χ0n) is 20.0. The van der Waals surface area contributed by atoms with Crippen LogP contribution >= 0.6 is 24.0 Å². The highest BCUT2D eigenvalue weighted by atomic mass is 32.2. The van der Waals surface area contributed by atoms with Gasteiger partial charge >= 0.3 is 5.97 Å². The van der Waals surface area contributed by atoms with Crippen LogP contribution in [0.2, 0.25) is 0 Å². The first-order chi connectivity index (χ1) is 18.0. The molecule has 0 N–H and O–H groups in total. The highest BCUT2D eigenvalue weighted by Crippen LogP contribution is 2.34. The molecule has 1 saturated heterocycles. The molecule has 1 aliphatic heterocycles. The van der Waals surface area contributed by atoms with Gasteiger partial charge in [-0.2, -0.15) is 0 Å². The van der Waals surface area contributed by atoms with Gasteiger partial charge in [-0.05, 0) is 42.3 Å². The monoisotopic (exact) mass is 525 g/mol. The van der Waals surface area contributed by atoms with Crippen LogP contribution in [-0.4, -0.2) is 21.1 Å². The van der Waals surface area contributed by atoms with Crippen LogP contribution in [0, 0.1) is 0 Å². The summed E-state index contributed by atoms with van der Waals surface area (Å²) >= 11 is 6.70. The minimum Gasteiger partial charge on any atom is -0.457 e. The molecule has 0 spiro atoms. The molecule has 4 aromatic rings. The molecule has 3 aromatic carbocycles. The Morgan fingerprint density at radius 3 is 2.35 bits per heavy atom. The van der Waals surface area contributed by atoms with Crippen molar-refractivity contribution < 1.29 is 18.7 Å². The molecule has 0 saturated carbocycles. The summed E-state index contributed by atoms with van der Waals surface area (Å²) in [5.41, 5.74) is 3.22. The van der Waals surface area contributed by atoms with E-state index in [-0.39, 0.29) is 18.0 Å². The van der Waals surface area contributed by atoms with E-state index in [1.807, 2.05) is 91.9 Å². The molecule has 7 heteroatoms. The van der Waals surface area contributed by atoms with Crippen molar-refractivity contribution in [3.63, 3.8) is 0 Å². The number of carbonyl (C=O) groups is 2. The topological polar surface area (TPSA) is 59.8 Å². The van der Waals surface area contributed by atoms with Crippen LogP contribution in [0.3, 0.4) is 0 Å². The normalized spacial score (nSPS) is 15.3. The minimum absolute atomic E-state index is 0.135. The second-order valence-corrected chi connectivity index (χ2v) is 10.2. The third kappa shape index (κ3) is 5.74. The highest BCUT2D eigenvalue weighted by molar-refractivity contribution is 8.26. The van der Waals surface area contributed by atoms with Gasteiger partial charge in [0.1, 0.15) is 21.9 Å². The van der Waals surface area contributed by atoms with Crippen LogP contribution in [0.25, 0.3) is 17.4 Å². The van der Waals surface area contributed by atoms with Gasteiger partial charge < -0.3 is 9.15 Å². The fourth-order valence-corrected chi connectivity index (χ4v) is 5.14. The molecule has 0 radical (unpaired) electrons. The molecule has 1 amide bonds. The molecule has 1 aliphatic rings. The molecule has 37 heavy (non-hydrogen) atoms. The number of nitrogens with zero attached hydrogens (tertiary/aromatic N) is 1. The summed E-state index contributed by atoms with van der Waals surface area (Å²) in [6.07, 6.45) is 1.37. The van der Waals surface area contributed by atoms with E-state index in [1.165, 1.54) is 11.8 Å². The Kier molecular flexibility index (Phi) is 7.35. The first-order valence-corrected chi connectivity index (χ1v) is 13.0. The SMILES string of the molecule is CC(OC(=O)c1ccc(-c2ccc(/C=C3/SC(=S)N(Cc4ccccc4)C3=O)o2)cc1)c1ccccc1. The smallest absolute Gasteiger partial charge is 0.338 e. The summed E-state index contributed by atoms with van der Waals surface area (Å²) in [4.78, 5) is 27.6. The van der Waals surface area contributed by atoms with Crippen LogP contribution in [0.4, 0.5) is 0 Å². The van der Waals surface area contributed by atoms with Gasteiger partial charge in [0.05, 0.1) is 17.0 Å². The Bertz CT molecular complexity index is 1460. The van der Waals surface area contributed by atoms with Crippen LogP contribution in [0.1, 0.15) is 40.3 Å². The quantitative estimate of drug-likeness (QED) is 0.144. The standard InChI is InChI=1S/C30H23NO4S2/c1-20(22-10-6-3-7-11-22)34-29(33)24-14-12-23(13-15-24)26-17-16-25(35-26)18-27-28(32)31(30(36)37-27)19-21-8-4-2-5-9-21/h2-18,20H,19H2,1H3/b27-18+. The van der Waals surface area contributed by atoms with Gasteiger partial charge in [0.15, 0.2) is 0 Å². The zero-order chi connectivity index (χ0) is 25.8. The molecule has 0 aliphatic carbocycles. The number of ether oxygens (including phenoxy) is 1. The summed E-state index contributed by atoms with van der Waals surface area (Å²) in [5, 5.41) is 0. The lowest BCUT2D eigenvalue weighted by atomic mass is 10.1. The molecular weight excluding hydrogens is 502 g/mol. The molecule has 0 bridgehead atoms. The van der Waals surface area contributed by atoms with E-state index in [0.29, 0.717) is 32.9 Å². The van der Waals surface area contributed by atoms with Crippen LogP contribution in [-0.2, 0) is 16.1 Å². The maximum atomic E-state index is 12.9. The highest BCUT2D eigenvalue weighted by Gasteiger charge is 2.32. The molecule has 1 fully saturated rings. The maximum Gasteiger partial charge on any atom is 0.338 e. The van der Waals surface area contributed by atoms with Gasteiger partial charge in [-0.15, -0.1) is 0 Å². The van der Waals surface area contributed by atoms with Crippen molar-refractivity contribution in [2.75, 3.05) is 0 Å². The molecule has 1 unspecified atom stereocenters. The van der Waals surface area contributed by atoms with E-state index in [1.54, 1.807) is 23.1 Å². The number of hydrogen-bond acceptors (Lipinski definition) is 6. The third-order valence-electron chi connectivity index (χ3n) is 5.92.